The van der Waals surface area contributed by atoms with Gasteiger partial charge in [-0.2, -0.15) is 0 Å². The van der Waals surface area contributed by atoms with E-state index in [0.717, 1.165) is 6.08 Å². The Kier molecular flexibility index (Phi) is 6.95. The highest BCUT2D eigenvalue weighted by Gasteiger charge is 2.34. The number of hydrogen-bond donors (Lipinski definition) is 0. The number of nitrogens with zero attached hydrogens (tertiary/aromatic N) is 1. The van der Waals surface area contributed by atoms with Gasteiger partial charge in [-0.15, -0.1) is 0 Å². The lowest BCUT2D eigenvalue weighted by molar-refractivity contribution is -0.149. The Labute approximate surface area is 157 Å². The first-order valence-electron chi connectivity index (χ1n) is 8.44. The van der Waals surface area contributed by atoms with E-state index in [4.69, 9.17) is 9.47 Å². The van der Waals surface area contributed by atoms with E-state index in [-0.39, 0.29) is 23.3 Å². The molecular weight excluding hydrogens is 377 g/mol. The number of carbonyl (C=O) groups excluding carboxylic acids is 2. The van der Waals surface area contributed by atoms with Crippen LogP contribution >= 0.6 is 0 Å². The third kappa shape index (κ3) is 5.78. The second kappa shape index (κ2) is 8.98. The van der Waals surface area contributed by atoms with Gasteiger partial charge in [0.25, 0.3) is 5.91 Å². The van der Waals surface area contributed by atoms with Crippen LogP contribution in [0.4, 0.5) is 4.39 Å². The second-order valence-electron chi connectivity index (χ2n) is 6.07. The Morgan fingerprint density at radius 1 is 1.37 bits per heavy atom. The van der Waals surface area contributed by atoms with Gasteiger partial charge in [-0.05, 0) is 37.1 Å². The molecule has 0 bridgehead atoms. The van der Waals surface area contributed by atoms with Gasteiger partial charge in [0.15, 0.2) is 28.0 Å². The second-order valence-corrected chi connectivity index (χ2v) is 8.30. The minimum atomic E-state index is -3.12. The van der Waals surface area contributed by atoms with E-state index in [1.165, 1.54) is 30.2 Å². The molecule has 1 aliphatic heterocycles. The topological polar surface area (TPSA) is 90.0 Å². The molecule has 9 heteroatoms. The molecule has 1 fully saturated rings. The highest BCUT2D eigenvalue weighted by molar-refractivity contribution is 7.91. The van der Waals surface area contributed by atoms with Crippen LogP contribution in [-0.4, -0.2) is 63.0 Å². The molecule has 0 aliphatic carbocycles. The van der Waals surface area contributed by atoms with Crippen molar-refractivity contribution in [3.8, 4) is 5.75 Å². The van der Waals surface area contributed by atoms with E-state index in [1.807, 2.05) is 0 Å². The minimum absolute atomic E-state index is 0.0579. The summed E-state index contributed by atoms with van der Waals surface area (Å²) in [6, 6.07) is 3.81. The van der Waals surface area contributed by atoms with Gasteiger partial charge < -0.3 is 14.4 Å². The summed E-state index contributed by atoms with van der Waals surface area (Å²) >= 11 is 0. The van der Waals surface area contributed by atoms with Crippen LogP contribution in [0.2, 0.25) is 0 Å². The zero-order valence-electron chi connectivity index (χ0n) is 15.2. The first kappa shape index (κ1) is 20.9. The van der Waals surface area contributed by atoms with Gasteiger partial charge in [0.2, 0.25) is 0 Å². The molecule has 148 valence electrons. The van der Waals surface area contributed by atoms with Gasteiger partial charge in [-0.25, -0.2) is 17.6 Å². The van der Waals surface area contributed by atoms with Crippen LogP contribution in [0.1, 0.15) is 18.9 Å². The Morgan fingerprint density at radius 3 is 2.67 bits per heavy atom. The molecule has 1 saturated heterocycles. The first-order chi connectivity index (χ1) is 12.8. The Balaban J connectivity index is 1.88. The smallest absolute Gasteiger partial charge is 0.331 e. The van der Waals surface area contributed by atoms with Crippen LogP contribution < -0.4 is 4.74 Å². The molecule has 0 spiro atoms. The maximum atomic E-state index is 13.6. The molecule has 1 aromatic carbocycles. The van der Waals surface area contributed by atoms with Crippen molar-refractivity contribution in [2.24, 2.45) is 0 Å². The van der Waals surface area contributed by atoms with Gasteiger partial charge in [0, 0.05) is 18.7 Å². The van der Waals surface area contributed by atoms with E-state index >= 15 is 0 Å². The van der Waals surface area contributed by atoms with Crippen LogP contribution in [0.25, 0.3) is 6.08 Å². The molecule has 0 radical (unpaired) electrons. The number of ether oxygens (including phenoxy) is 2. The highest BCUT2D eigenvalue weighted by atomic mass is 32.2. The predicted octanol–water partition coefficient (Wildman–Crippen LogP) is 1.43. The minimum Gasteiger partial charge on any atom is -0.494 e. The average molecular weight is 399 g/mol. The maximum Gasteiger partial charge on any atom is 0.331 e. The van der Waals surface area contributed by atoms with Crippen LogP contribution in [0, 0.1) is 5.82 Å². The molecule has 1 atom stereocenters. The number of esters is 1. The van der Waals surface area contributed by atoms with Crippen molar-refractivity contribution >= 4 is 27.8 Å². The number of halogens is 1. The number of rotatable bonds is 7. The summed E-state index contributed by atoms with van der Waals surface area (Å²) in [6.07, 6.45) is 2.83. The Morgan fingerprint density at radius 2 is 2.11 bits per heavy atom. The van der Waals surface area contributed by atoms with Crippen molar-refractivity contribution in [1.29, 1.82) is 0 Å². The van der Waals surface area contributed by atoms with Crippen molar-refractivity contribution in [3.63, 3.8) is 0 Å². The van der Waals surface area contributed by atoms with E-state index < -0.39 is 34.1 Å². The lowest BCUT2D eigenvalue weighted by Gasteiger charge is -2.26. The molecule has 27 heavy (non-hydrogen) atoms. The van der Waals surface area contributed by atoms with Gasteiger partial charge >= 0.3 is 5.97 Å². The van der Waals surface area contributed by atoms with E-state index in [2.05, 4.69) is 0 Å². The molecule has 1 amide bonds. The predicted molar refractivity (Wildman–Crippen MR) is 97.4 cm³/mol. The fourth-order valence-electron chi connectivity index (χ4n) is 2.87. The van der Waals surface area contributed by atoms with E-state index in [9.17, 15) is 22.4 Å². The lowest BCUT2D eigenvalue weighted by Crippen LogP contribution is -2.43. The summed E-state index contributed by atoms with van der Waals surface area (Å²) < 4.78 is 46.4. The fourth-order valence-corrected chi connectivity index (χ4v) is 4.60. The standard InChI is InChI=1S/C18H22FNO6S/c1-3-20(14-8-9-27(23,24)12-14)17(21)11-26-18(22)7-5-13-4-6-16(25-2)15(19)10-13/h4-7,10,14H,3,8-9,11-12H2,1-2H3/b7-5+/t14-/m0/s1. The van der Waals surface area contributed by atoms with Crippen molar-refractivity contribution in [1.82, 2.24) is 4.90 Å². The Bertz CT molecular complexity index is 836. The number of sulfone groups is 1. The van der Waals surface area contributed by atoms with E-state index in [1.54, 1.807) is 13.0 Å². The number of hydrogen-bond acceptors (Lipinski definition) is 6. The average Bonchev–Trinajstić information content (AvgIpc) is 2.98. The van der Waals surface area contributed by atoms with Gasteiger partial charge in [0.05, 0.1) is 18.6 Å². The summed E-state index contributed by atoms with van der Waals surface area (Å²) in [4.78, 5) is 25.4. The third-order valence-corrected chi connectivity index (χ3v) is 5.99. The molecule has 0 N–H and O–H groups in total. The van der Waals surface area contributed by atoms with Gasteiger partial charge in [-0.1, -0.05) is 6.07 Å². The normalized spacial score (nSPS) is 18.4. The number of likely N-dealkylation sites (N-methyl/N-ethyl adjacent to an activating group) is 1. The fraction of sp³-hybridized carbons (Fsp3) is 0.444. The summed E-state index contributed by atoms with van der Waals surface area (Å²) in [5.41, 5.74) is 0.433. The first-order valence-corrected chi connectivity index (χ1v) is 10.3. The van der Waals surface area contributed by atoms with Gasteiger partial charge in [-0.3, -0.25) is 4.79 Å². The molecule has 1 aliphatic rings. The summed E-state index contributed by atoms with van der Waals surface area (Å²) in [7, 11) is -1.77. The number of benzene rings is 1. The highest BCUT2D eigenvalue weighted by Crippen LogP contribution is 2.19. The molecule has 1 aromatic rings. The van der Waals surface area contributed by atoms with Gasteiger partial charge in [0.1, 0.15) is 0 Å². The zero-order chi connectivity index (χ0) is 20.0. The van der Waals surface area contributed by atoms with E-state index in [0.29, 0.717) is 18.5 Å². The third-order valence-electron chi connectivity index (χ3n) is 4.24. The number of carbonyl (C=O) groups is 2. The zero-order valence-corrected chi connectivity index (χ0v) is 16.0. The van der Waals surface area contributed by atoms with Crippen LogP contribution in [0.3, 0.4) is 0 Å². The monoisotopic (exact) mass is 399 g/mol. The van der Waals surface area contributed by atoms with Crippen molar-refractivity contribution < 1.29 is 31.9 Å². The number of methoxy groups -OCH3 is 1. The SMILES string of the molecule is CCN(C(=O)COC(=O)/C=C/c1ccc(OC)c(F)c1)[C@H]1CCS(=O)(=O)C1. The molecule has 1 heterocycles. The molecule has 0 saturated carbocycles. The number of amides is 1. The van der Waals surface area contributed by atoms with Crippen molar-refractivity contribution in [2.75, 3.05) is 31.8 Å². The quantitative estimate of drug-likeness (QED) is 0.509. The summed E-state index contributed by atoms with van der Waals surface area (Å²) in [6.45, 7) is 1.59. The van der Waals surface area contributed by atoms with Crippen LogP contribution in [0.15, 0.2) is 24.3 Å². The van der Waals surface area contributed by atoms with Crippen molar-refractivity contribution in [3.05, 3.63) is 35.7 Å². The molecule has 2 rings (SSSR count). The molecule has 7 nitrogen and oxygen atoms in total. The van der Waals surface area contributed by atoms with Crippen LogP contribution in [0.5, 0.6) is 5.75 Å². The largest absolute Gasteiger partial charge is 0.494 e. The Hall–Kier alpha value is -2.42. The molecule has 0 aromatic heterocycles. The summed E-state index contributed by atoms with van der Waals surface area (Å²) in [5.74, 6) is -1.68. The lowest BCUT2D eigenvalue weighted by atomic mass is 10.2. The maximum absolute atomic E-state index is 13.6. The molecule has 0 unspecified atom stereocenters. The summed E-state index contributed by atoms with van der Waals surface area (Å²) in [5, 5.41) is 0. The molecular formula is C18H22FNO6S. The van der Waals surface area contributed by atoms with Crippen LogP contribution in [-0.2, 0) is 24.2 Å². The van der Waals surface area contributed by atoms with Crippen molar-refractivity contribution in [2.45, 2.75) is 19.4 Å².